The van der Waals surface area contributed by atoms with Crippen LogP contribution in [0.5, 0.6) is 0 Å². The molecular formula is C63H63BN2O2. The van der Waals surface area contributed by atoms with Crippen molar-refractivity contribution in [2.45, 2.75) is 136 Å². The van der Waals surface area contributed by atoms with Crippen molar-refractivity contribution in [3.8, 4) is 11.1 Å². The molecule has 0 amide bonds. The number of hydrogen-bond acceptors (Lipinski definition) is 4. The molecule has 0 radical (unpaired) electrons. The van der Waals surface area contributed by atoms with Crippen LogP contribution in [0.3, 0.4) is 0 Å². The minimum absolute atomic E-state index is 0.0000536. The second kappa shape index (κ2) is 13.5. The third-order valence-corrected chi connectivity index (χ3v) is 17.4. The van der Waals surface area contributed by atoms with E-state index < -0.39 is 0 Å². The first-order valence-corrected chi connectivity index (χ1v) is 25.2. The van der Waals surface area contributed by atoms with Crippen LogP contribution < -0.4 is 20.6 Å². The lowest BCUT2D eigenvalue weighted by molar-refractivity contribution is 0.331. The van der Waals surface area contributed by atoms with Crippen LogP contribution in [-0.2, 0) is 27.1 Å². The molecule has 4 aliphatic rings. The Hall–Kier alpha value is -6.20. The predicted molar refractivity (Wildman–Crippen MR) is 289 cm³/mol. The number of anilines is 5. The molecule has 2 aromatic heterocycles. The minimum Gasteiger partial charge on any atom is -0.456 e. The smallest absolute Gasteiger partial charge is 0.333 e. The predicted octanol–water partition coefficient (Wildman–Crippen LogP) is 16.5. The van der Waals surface area contributed by atoms with Gasteiger partial charge in [-0.1, -0.05) is 137 Å². The molecular weight excluding hydrogens is 828 g/mol. The summed E-state index contributed by atoms with van der Waals surface area (Å²) in [5, 5.41) is 4.55. The standard InChI is InChI=1S/C63H63BN2O2/c1-36-29-45-47(62(9,10)27-25-60(45,5)6)33-50(36)65-52-34-48-46(61(7,8)26-28-63(48,11)12)32-49(52)64-56-43(31-44-40-18-14-16-20-54(40)68-58(44)57(56)65)41-30-42-39-17-13-15-19-53(39)67-55(42)35-51(41)66(64)38-23-21-37(22-24-38)59(2,3)4/h13-24,29-35H,25-28H2,1-12H3. The summed E-state index contributed by atoms with van der Waals surface area (Å²) in [5.41, 5.74) is 23.2. The number of benzene rings is 7. The van der Waals surface area contributed by atoms with Gasteiger partial charge in [0, 0.05) is 55.9 Å². The molecule has 4 nitrogen and oxygen atoms in total. The number of nitrogens with zero attached hydrogens (tertiary/aromatic N) is 2. The van der Waals surface area contributed by atoms with Crippen LogP contribution in [0.25, 0.3) is 55.0 Å². The number of furan rings is 2. The van der Waals surface area contributed by atoms with E-state index in [0.29, 0.717) is 0 Å². The summed E-state index contributed by atoms with van der Waals surface area (Å²) in [6, 6.07) is 44.3. The Balaban J connectivity index is 1.23. The lowest BCUT2D eigenvalue weighted by Crippen LogP contribution is -2.62. The molecule has 13 rings (SSSR count). The van der Waals surface area contributed by atoms with Crippen molar-refractivity contribution in [3.63, 3.8) is 0 Å². The molecule has 0 bridgehead atoms. The summed E-state index contributed by atoms with van der Waals surface area (Å²) in [7, 11) is 0. The van der Waals surface area contributed by atoms with Gasteiger partial charge in [-0.25, -0.2) is 0 Å². The minimum atomic E-state index is -0.182. The number of hydrogen-bond donors (Lipinski definition) is 0. The molecule has 4 heterocycles. The molecule has 0 N–H and O–H groups in total. The average Bonchev–Trinajstić information content (AvgIpc) is 3.86. The van der Waals surface area contributed by atoms with Crippen molar-refractivity contribution in [2.75, 3.05) is 9.71 Å². The van der Waals surface area contributed by atoms with Crippen LogP contribution in [0.15, 0.2) is 124 Å². The van der Waals surface area contributed by atoms with E-state index in [4.69, 9.17) is 8.83 Å². The quantitative estimate of drug-likeness (QED) is 0.162. The van der Waals surface area contributed by atoms with Crippen molar-refractivity contribution in [1.82, 2.24) is 0 Å². The first kappa shape index (κ1) is 41.9. The highest BCUT2D eigenvalue weighted by Gasteiger charge is 2.50. The lowest BCUT2D eigenvalue weighted by Gasteiger charge is -2.49. The van der Waals surface area contributed by atoms with Gasteiger partial charge in [0.1, 0.15) is 16.7 Å². The van der Waals surface area contributed by atoms with Crippen LogP contribution in [0.1, 0.15) is 135 Å². The normalized spacial score (nSPS) is 18.4. The maximum atomic E-state index is 7.33. The monoisotopic (exact) mass is 890 g/mol. The van der Waals surface area contributed by atoms with Gasteiger partial charge in [-0.15, -0.1) is 0 Å². The Morgan fingerprint density at radius 3 is 1.65 bits per heavy atom. The summed E-state index contributed by atoms with van der Waals surface area (Å²) in [4.78, 5) is 5.34. The molecule has 9 aromatic rings. The van der Waals surface area contributed by atoms with Gasteiger partial charge in [-0.05, 0) is 158 Å². The molecule has 0 atom stereocenters. The van der Waals surface area contributed by atoms with Gasteiger partial charge < -0.3 is 18.5 Å². The van der Waals surface area contributed by atoms with Gasteiger partial charge in [-0.2, -0.15) is 0 Å². The molecule has 2 aliphatic heterocycles. The van der Waals surface area contributed by atoms with E-state index in [1.165, 1.54) is 73.2 Å². The third-order valence-electron chi connectivity index (χ3n) is 17.4. The molecule has 5 heteroatoms. The first-order valence-electron chi connectivity index (χ1n) is 25.2. The topological polar surface area (TPSA) is 32.8 Å². The van der Waals surface area contributed by atoms with Crippen LogP contribution in [0.2, 0.25) is 0 Å². The van der Waals surface area contributed by atoms with E-state index >= 15 is 0 Å². The van der Waals surface area contributed by atoms with Gasteiger partial charge in [0.25, 0.3) is 0 Å². The summed E-state index contributed by atoms with van der Waals surface area (Å²) < 4.78 is 14.1. The fourth-order valence-corrected chi connectivity index (χ4v) is 13.1. The highest BCUT2D eigenvalue weighted by molar-refractivity contribution is 6.94. The molecule has 0 saturated carbocycles. The van der Waals surface area contributed by atoms with Crippen LogP contribution in [0, 0.1) is 6.92 Å². The fourth-order valence-electron chi connectivity index (χ4n) is 13.1. The third kappa shape index (κ3) is 5.74. The molecule has 68 heavy (non-hydrogen) atoms. The zero-order valence-corrected chi connectivity index (χ0v) is 42.1. The second-order valence-electron chi connectivity index (χ2n) is 24.7. The molecule has 2 aliphatic carbocycles. The second-order valence-corrected chi connectivity index (χ2v) is 24.7. The number of rotatable bonds is 2. The van der Waals surface area contributed by atoms with Crippen molar-refractivity contribution in [1.29, 1.82) is 0 Å². The highest BCUT2D eigenvalue weighted by Crippen LogP contribution is 2.56. The summed E-state index contributed by atoms with van der Waals surface area (Å²) in [5.74, 6) is 0. The van der Waals surface area contributed by atoms with Crippen LogP contribution in [0.4, 0.5) is 28.4 Å². The van der Waals surface area contributed by atoms with Gasteiger partial charge >= 0.3 is 6.85 Å². The van der Waals surface area contributed by atoms with E-state index in [2.05, 4.69) is 208 Å². The Morgan fingerprint density at radius 1 is 0.500 bits per heavy atom. The van der Waals surface area contributed by atoms with Gasteiger partial charge in [-0.3, -0.25) is 0 Å². The molecule has 0 spiro atoms. The maximum absolute atomic E-state index is 7.33. The zero-order valence-electron chi connectivity index (χ0n) is 42.1. The van der Waals surface area contributed by atoms with Crippen molar-refractivity contribution in [2.24, 2.45) is 0 Å². The zero-order chi connectivity index (χ0) is 47.2. The van der Waals surface area contributed by atoms with Crippen LogP contribution >= 0.6 is 0 Å². The molecule has 0 fully saturated rings. The van der Waals surface area contributed by atoms with Gasteiger partial charge in [0.05, 0.1) is 5.69 Å². The molecule has 7 aromatic carbocycles. The summed E-state index contributed by atoms with van der Waals surface area (Å²) >= 11 is 0. The van der Waals surface area contributed by atoms with E-state index in [1.54, 1.807) is 0 Å². The van der Waals surface area contributed by atoms with Gasteiger partial charge in [0.2, 0.25) is 0 Å². The summed E-state index contributed by atoms with van der Waals surface area (Å²) in [6.07, 6.45) is 4.60. The first-order chi connectivity index (χ1) is 32.2. The lowest BCUT2D eigenvalue weighted by atomic mass is 9.42. The van der Waals surface area contributed by atoms with Crippen molar-refractivity contribution < 1.29 is 8.83 Å². The van der Waals surface area contributed by atoms with E-state index in [1.807, 2.05) is 0 Å². The maximum Gasteiger partial charge on any atom is 0.333 e. The van der Waals surface area contributed by atoms with E-state index in [-0.39, 0.29) is 33.9 Å². The Bertz CT molecular complexity index is 3650. The Labute approximate surface area is 402 Å². The number of aryl methyl sites for hydroxylation is 1. The largest absolute Gasteiger partial charge is 0.456 e. The average molecular weight is 891 g/mol. The van der Waals surface area contributed by atoms with Gasteiger partial charge in [0.15, 0.2) is 5.58 Å². The molecule has 0 saturated heterocycles. The number of fused-ring (bicyclic) bond motifs is 13. The summed E-state index contributed by atoms with van der Waals surface area (Å²) in [6.45, 7) is 28.8. The Kier molecular flexibility index (Phi) is 8.34. The van der Waals surface area contributed by atoms with Crippen molar-refractivity contribution >= 4 is 90.1 Å². The van der Waals surface area contributed by atoms with Crippen LogP contribution in [-0.4, -0.2) is 6.85 Å². The van der Waals surface area contributed by atoms with E-state index in [9.17, 15) is 0 Å². The SMILES string of the molecule is Cc1cc2c(cc1N1c3cc4c(cc3B3c5c(cc6c(oc7ccccc76)c51)-c1cc5c(cc1N3c1ccc(C(C)(C)C)cc1)oc1ccccc15)C(C)(C)CCC4(C)C)C(C)(C)CCC2(C)C. The molecule has 0 unspecified atom stereocenters. The highest BCUT2D eigenvalue weighted by atomic mass is 16.3. The fraction of sp³-hybridized carbons (Fsp3) is 0.333. The number of para-hydroxylation sites is 2. The van der Waals surface area contributed by atoms with Crippen molar-refractivity contribution in [3.05, 3.63) is 149 Å². The Morgan fingerprint density at radius 2 is 1.03 bits per heavy atom. The molecule has 340 valence electrons. The van der Waals surface area contributed by atoms with E-state index in [0.717, 1.165) is 80.2 Å².